The average molecular weight is 208 g/mol. The first-order valence-electron chi connectivity index (χ1n) is 5.12. The molecule has 1 aromatic rings. The largest absolute Gasteiger partial charge is 0.479 e. The molecule has 0 saturated carbocycles. The second-order valence-corrected chi connectivity index (χ2v) is 3.64. The lowest BCUT2D eigenvalue weighted by molar-refractivity contribution is -0.160. The molecule has 15 heavy (non-hydrogen) atoms. The summed E-state index contributed by atoms with van der Waals surface area (Å²) in [4.78, 5) is 11.1. The molecular formula is C12H16O3. The number of unbranched alkanes of at least 4 members (excludes halogenated alkanes) is 1. The zero-order valence-electron chi connectivity index (χ0n) is 8.81. The Morgan fingerprint density at radius 3 is 2.40 bits per heavy atom. The molecule has 0 radical (unpaired) electrons. The molecule has 3 heteroatoms. The minimum absolute atomic E-state index is 0.253. The highest BCUT2D eigenvalue weighted by Gasteiger charge is 2.36. The van der Waals surface area contributed by atoms with Gasteiger partial charge in [0.2, 0.25) is 0 Å². The van der Waals surface area contributed by atoms with Crippen molar-refractivity contribution < 1.29 is 15.0 Å². The number of carboxylic acid groups (broad SMARTS) is 1. The topological polar surface area (TPSA) is 57.5 Å². The molecule has 0 aliphatic carbocycles. The number of aliphatic hydroxyl groups is 1. The van der Waals surface area contributed by atoms with Crippen molar-refractivity contribution in [3.8, 4) is 0 Å². The molecule has 1 atom stereocenters. The summed E-state index contributed by atoms with van der Waals surface area (Å²) in [6.07, 6.45) is 1.81. The summed E-state index contributed by atoms with van der Waals surface area (Å²) in [6.45, 7) is 1.97. The summed E-state index contributed by atoms with van der Waals surface area (Å²) in [7, 11) is 0. The lowest BCUT2D eigenvalue weighted by atomic mass is 9.89. The number of rotatable bonds is 5. The van der Waals surface area contributed by atoms with Gasteiger partial charge in [0, 0.05) is 0 Å². The van der Waals surface area contributed by atoms with Crippen molar-refractivity contribution in [2.45, 2.75) is 31.8 Å². The van der Waals surface area contributed by atoms with Crippen molar-refractivity contribution in [3.63, 3.8) is 0 Å². The van der Waals surface area contributed by atoms with E-state index in [1.807, 2.05) is 6.92 Å². The molecule has 1 rings (SSSR count). The summed E-state index contributed by atoms with van der Waals surface area (Å²) in [5, 5.41) is 19.2. The van der Waals surface area contributed by atoms with Crippen LogP contribution in [0.5, 0.6) is 0 Å². The highest BCUT2D eigenvalue weighted by molar-refractivity contribution is 5.79. The third-order valence-corrected chi connectivity index (χ3v) is 2.50. The Hall–Kier alpha value is -1.35. The monoisotopic (exact) mass is 208 g/mol. The first-order valence-corrected chi connectivity index (χ1v) is 5.12. The molecule has 0 unspecified atom stereocenters. The highest BCUT2D eigenvalue weighted by atomic mass is 16.4. The molecule has 0 aliphatic heterocycles. The Morgan fingerprint density at radius 1 is 1.33 bits per heavy atom. The summed E-state index contributed by atoms with van der Waals surface area (Å²) in [5.41, 5.74) is -1.29. The van der Waals surface area contributed by atoms with E-state index in [4.69, 9.17) is 5.11 Å². The predicted molar refractivity (Wildman–Crippen MR) is 57.5 cm³/mol. The molecule has 0 aromatic heterocycles. The van der Waals surface area contributed by atoms with Gasteiger partial charge in [-0.3, -0.25) is 0 Å². The fourth-order valence-corrected chi connectivity index (χ4v) is 1.52. The number of carbonyl (C=O) groups is 1. The maximum Gasteiger partial charge on any atom is 0.340 e. The van der Waals surface area contributed by atoms with Crippen molar-refractivity contribution in [1.82, 2.24) is 0 Å². The van der Waals surface area contributed by atoms with E-state index in [9.17, 15) is 9.90 Å². The molecule has 2 N–H and O–H groups in total. The smallest absolute Gasteiger partial charge is 0.340 e. The van der Waals surface area contributed by atoms with Crippen LogP contribution in [0.1, 0.15) is 31.7 Å². The van der Waals surface area contributed by atoms with Crippen molar-refractivity contribution in [2.24, 2.45) is 0 Å². The maximum atomic E-state index is 11.1. The normalized spacial score (nSPS) is 14.5. The summed E-state index contributed by atoms with van der Waals surface area (Å²) < 4.78 is 0. The van der Waals surface area contributed by atoms with Gasteiger partial charge in [0.15, 0.2) is 5.60 Å². The van der Waals surface area contributed by atoms with Gasteiger partial charge in [-0.25, -0.2) is 4.79 Å². The number of hydrogen-bond acceptors (Lipinski definition) is 2. The van der Waals surface area contributed by atoms with Crippen LogP contribution in [0.25, 0.3) is 0 Å². The van der Waals surface area contributed by atoms with E-state index in [2.05, 4.69) is 0 Å². The van der Waals surface area contributed by atoms with E-state index in [0.29, 0.717) is 12.0 Å². The molecule has 0 heterocycles. The maximum absolute atomic E-state index is 11.1. The Morgan fingerprint density at radius 2 is 1.93 bits per heavy atom. The van der Waals surface area contributed by atoms with Gasteiger partial charge < -0.3 is 10.2 Å². The molecule has 0 aliphatic rings. The van der Waals surface area contributed by atoms with Gasteiger partial charge in [0.05, 0.1) is 0 Å². The quantitative estimate of drug-likeness (QED) is 0.779. The molecule has 0 amide bonds. The van der Waals surface area contributed by atoms with E-state index in [0.717, 1.165) is 6.42 Å². The van der Waals surface area contributed by atoms with Crippen LogP contribution in [-0.4, -0.2) is 16.2 Å². The van der Waals surface area contributed by atoms with Crippen LogP contribution in [0, 0.1) is 0 Å². The Balaban J connectivity index is 2.96. The molecule has 3 nitrogen and oxygen atoms in total. The van der Waals surface area contributed by atoms with Crippen LogP contribution in [0.15, 0.2) is 30.3 Å². The van der Waals surface area contributed by atoms with E-state index < -0.39 is 11.6 Å². The third kappa shape index (κ3) is 2.57. The van der Waals surface area contributed by atoms with E-state index >= 15 is 0 Å². The second kappa shape index (κ2) is 4.94. The van der Waals surface area contributed by atoms with Crippen molar-refractivity contribution >= 4 is 5.97 Å². The van der Waals surface area contributed by atoms with Gasteiger partial charge in [0.1, 0.15) is 0 Å². The predicted octanol–water partition coefficient (Wildman–Crippen LogP) is 2.15. The van der Waals surface area contributed by atoms with E-state index in [1.165, 1.54) is 0 Å². The zero-order valence-corrected chi connectivity index (χ0v) is 8.81. The standard InChI is InChI=1S/C12H16O3/c1-2-3-9-12(15,11(13)14)10-7-5-4-6-8-10/h4-8,15H,2-3,9H2,1H3,(H,13,14)/t12-/m1/s1. The van der Waals surface area contributed by atoms with Crippen molar-refractivity contribution in [1.29, 1.82) is 0 Å². The molecule has 0 bridgehead atoms. The zero-order chi connectivity index (χ0) is 11.3. The van der Waals surface area contributed by atoms with Crippen molar-refractivity contribution in [2.75, 3.05) is 0 Å². The van der Waals surface area contributed by atoms with Crippen LogP contribution in [-0.2, 0) is 10.4 Å². The number of benzene rings is 1. The average Bonchev–Trinajstić information content (AvgIpc) is 2.27. The first-order chi connectivity index (χ1) is 7.11. The molecule has 0 fully saturated rings. The number of carboxylic acids is 1. The summed E-state index contributed by atoms with van der Waals surface area (Å²) in [6, 6.07) is 8.55. The van der Waals surface area contributed by atoms with Crippen LogP contribution >= 0.6 is 0 Å². The second-order valence-electron chi connectivity index (χ2n) is 3.64. The van der Waals surface area contributed by atoms with Crippen LogP contribution in [0.2, 0.25) is 0 Å². The summed E-state index contributed by atoms with van der Waals surface area (Å²) >= 11 is 0. The van der Waals surface area contributed by atoms with E-state index in [-0.39, 0.29) is 6.42 Å². The molecule has 1 aromatic carbocycles. The van der Waals surface area contributed by atoms with E-state index in [1.54, 1.807) is 30.3 Å². The van der Waals surface area contributed by atoms with Gasteiger partial charge in [-0.05, 0) is 18.4 Å². The van der Waals surface area contributed by atoms with Gasteiger partial charge in [-0.2, -0.15) is 0 Å². The van der Waals surface area contributed by atoms with Gasteiger partial charge in [-0.1, -0.05) is 43.7 Å². The lowest BCUT2D eigenvalue weighted by Crippen LogP contribution is -2.35. The first kappa shape index (κ1) is 11.7. The van der Waals surface area contributed by atoms with Crippen LogP contribution < -0.4 is 0 Å². The van der Waals surface area contributed by atoms with Crippen molar-refractivity contribution in [3.05, 3.63) is 35.9 Å². The number of aliphatic carboxylic acids is 1. The summed E-state index contributed by atoms with van der Waals surface area (Å²) in [5.74, 6) is -1.18. The van der Waals surface area contributed by atoms with Gasteiger partial charge in [0.25, 0.3) is 0 Å². The Labute approximate surface area is 89.4 Å². The van der Waals surface area contributed by atoms with Gasteiger partial charge >= 0.3 is 5.97 Å². The van der Waals surface area contributed by atoms with Crippen LogP contribution in [0.4, 0.5) is 0 Å². The fourth-order valence-electron chi connectivity index (χ4n) is 1.52. The molecule has 82 valence electrons. The molecule has 0 spiro atoms. The minimum Gasteiger partial charge on any atom is -0.479 e. The SMILES string of the molecule is CCCC[C@](O)(C(=O)O)c1ccccc1. The fraction of sp³-hybridized carbons (Fsp3) is 0.417. The minimum atomic E-state index is -1.74. The van der Waals surface area contributed by atoms with Crippen LogP contribution in [0.3, 0.4) is 0 Å². The lowest BCUT2D eigenvalue weighted by Gasteiger charge is -2.23. The third-order valence-electron chi connectivity index (χ3n) is 2.50. The number of hydrogen-bond donors (Lipinski definition) is 2. The Kier molecular flexibility index (Phi) is 3.86. The molecular weight excluding hydrogens is 192 g/mol. The highest BCUT2D eigenvalue weighted by Crippen LogP contribution is 2.27. The van der Waals surface area contributed by atoms with Gasteiger partial charge in [-0.15, -0.1) is 0 Å². The Bertz CT molecular complexity index is 321. The molecule has 0 saturated heterocycles.